The van der Waals surface area contributed by atoms with E-state index < -0.39 is 17.5 Å². The summed E-state index contributed by atoms with van der Waals surface area (Å²) < 4.78 is 30.9. The zero-order chi connectivity index (χ0) is 11.4. The van der Waals surface area contributed by atoms with Gasteiger partial charge in [0.05, 0.1) is 13.5 Å². The summed E-state index contributed by atoms with van der Waals surface area (Å²) in [5.74, 6) is 2.59. The molecule has 0 heterocycles. The topological polar surface area (TPSA) is 64.3 Å². The number of carbonyl (C=O) groups is 1. The van der Waals surface area contributed by atoms with Crippen molar-refractivity contribution in [2.75, 3.05) is 7.11 Å². The van der Waals surface area contributed by atoms with Gasteiger partial charge in [0.1, 0.15) is 5.82 Å². The van der Waals surface area contributed by atoms with Crippen LogP contribution in [0.5, 0.6) is 5.75 Å². The lowest BCUT2D eigenvalue weighted by Gasteiger charge is -2.06. The molecule has 6 heteroatoms. The molecule has 0 aromatic heterocycles. The predicted molar refractivity (Wildman–Crippen MR) is 48.9 cm³/mol. The lowest BCUT2D eigenvalue weighted by Crippen LogP contribution is -2.31. The van der Waals surface area contributed by atoms with E-state index >= 15 is 0 Å². The molecule has 82 valence electrons. The van der Waals surface area contributed by atoms with Crippen molar-refractivity contribution in [1.29, 1.82) is 0 Å². The number of halogens is 2. The van der Waals surface area contributed by atoms with Gasteiger partial charge in [-0.1, -0.05) is 0 Å². The van der Waals surface area contributed by atoms with Gasteiger partial charge < -0.3 is 4.74 Å². The third-order valence-electron chi connectivity index (χ3n) is 1.83. The molecule has 0 saturated heterocycles. The minimum Gasteiger partial charge on any atom is -0.494 e. The van der Waals surface area contributed by atoms with Crippen LogP contribution in [0.4, 0.5) is 8.78 Å². The van der Waals surface area contributed by atoms with Crippen LogP contribution < -0.4 is 16.0 Å². The summed E-state index contributed by atoms with van der Waals surface area (Å²) >= 11 is 0. The van der Waals surface area contributed by atoms with E-state index in [1.807, 2.05) is 5.43 Å². The van der Waals surface area contributed by atoms with Gasteiger partial charge in [-0.2, -0.15) is 0 Å². The molecular weight excluding hydrogens is 206 g/mol. The number of rotatable bonds is 3. The third-order valence-corrected chi connectivity index (χ3v) is 1.83. The van der Waals surface area contributed by atoms with Crippen LogP contribution >= 0.6 is 0 Å². The molecular formula is C9H10F2N2O2. The first-order valence-corrected chi connectivity index (χ1v) is 4.09. The Kier molecular flexibility index (Phi) is 3.56. The van der Waals surface area contributed by atoms with Crippen molar-refractivity contribution in [3.63, 3.8) is 0 Å². The van der Waals surface area contributed by atoms with Crippen LogP contribution in [0, 0.1) is 11.6 Å². The van der Waals surface area contributed by atoms with E-state index in [0.717, 1.165) is 12.1 Å². The van der Waals surface area contributed by atoms with Crippen LogP contribution in [-0.4, -0.2) is 13.0 Å². The van der Waals surface area contributed by atoms with Crippen molar-refractivity contribution in [1.82, 2.24) is 5.43 Å². The van der Waals surface area contributed by atoms with Crippen LogP contribution in [0.3, 0.4) is 0 Å². The first kappa shape index (κ1) is 11.4. The Morgan fingerprint density at radius 2 is 2.13 bits per heavy atom. The highest BCUT2D eigenvalue weighted by atomic mass is 19.1. The minimum atomic E-state index is -0.723. The first-order chi connectivity index (χ1) is 7.08. The van der Waals surface area contributed by atoms with Crippen molar-refractivity contribution in [3.8, 4) is 5.75 Å². The van der Waals surface area contributed by atoms with Crippen molar-refractivity contribution in [3.05, 3.63) is 29.3 Å². The zero-order valence-electron chi connectivity index (χ0n) is 8.01. The van der Waals surface area contributed by atoms with E-state index in [1.165, 1.54) is 7.11 Å². The summed E-state index contributed by atoms with van der Waals surface area (Å²) in [5.41, 5.74) is 1.76. The normalized spacial score (nSPS) is 9.87. The highest BCUT2D eigenvalue weighted by Gasteiger charge is 2.12. The lowest BCUT2D eigenvalue weighted by molar-refractivity contribution is -0.120. The average molecular weight is 216 g/mol. The Morgan fingerprint density at radius 3 is 2.67 bits per heavy atom. The summed E-state index contributed by atoms with van der Waals surface area (Å²) in [5, 5.41) is 0. The molecule has 1 aromatic carbocycles. The monoisotopic (exact) mass is 216 g/mol. The molecule has 15 heavy (non-hydrogen) atoms. The second-order valence-electron chi connectivity index (χ2n) is 2.82. The van der Waals surface area contributed by atoms with Crippen molar-refractivity contribution in [2.24, 2.45) is 5.84 Å². The summed E-state index contributed by atoms with van der Waals surface area (Å²) in [6.07, 6.45) is -0.316. The molecule has 0 saturated carbocycles. The molecule has 0 radical (unpaired) electrons. The molecule has 0 aliphatic rings. The molecule has 0 bridgehead atoms. The van der Waals surface area contributed by atoms with E-state index in [0.29, 0.717) is 0 Å². The number of amides is 1. The Labute approximate surface area is 85.0 Å². The molecule has 0 unspecified atom stereocenters. The lowest BCUT2D eigenvalue weighted by atomic mass is 10.1. The Morgan fingerprint density at radius 1 is 1.47 bits per heavy atom. The number of nitrogens with one attached hydrogen (secondary N) is 1. The Bertz CT molecular complexity index is 383. The molecule has 1 amide bonds. The molecule has 0 spiro atoms. The highest BCUT2D eigenvalue weighted by molar-refractivity contribution is 5.78. The molecule has 1 rings (SSSR count). The van der Waals surface area contributed by atoms with Gasteiger partial charge in [-0.25, -0.2) is 14.6 Å². The van der Waals surface area contributed by atoms with Gasteiger partial charge in [0.25, 0.3) is 0 Å². The highest BCUT2D eigenvalue weighted by Crippen LogP contribution is 2.21. The molecule has 3 N–H and O–H groups in total. The van der Waals surface area contributed by atoms with Crippen molar-refractivity contribution < 1.29 is 18.3 Å². The number of hydrogen-bond acceptors (Lipinski definition) is 3. The Hall–Kier alpha value is -1.69. The molecule has 0 fully saturated rings. The molecule has 4 nitrogen and oxygen atoms in total. The van der Waals surface area contributed by atoms with Crippen LogP contribution in [0.1, 0.15) is 5.56 Å². The maximum absolute atomic E-state index is 13.2. The number of carbonyl (C=O) groups excluding carboxylic acids is 1. The molecule has 0 atom stereocenters. The first-order valence-electron chi connectivity index (χ1n) is 4.09. The quantitative estimate of drug-likeness (QED) is 0.439. The zero-order valence-corrected chi connectivity index (χ0v) is 8.01. The summed E-state index contributed by atoms with van der Waals surface area (Å²) in [6, 6.07) is 1.79. The number of benzene rings is 1. The number of ether oxygens (including phenoxy) is 1. The molecule has 0 aliphatic heterocycles. The average Bonchev–Trinajstić information content (AvgIpc) is 2.22. The summed E-state index contributed by atoms with van der Waals surface area (Å²) in [7, 11) is 1.23. The number of nitrogens with two attached hydrogens (primary N) is 1. The van der Waals surface area contributed by atoms with Crippen molar-refractivity contribution >= 4 is 5.91 Å². The number of methoxy groups -OCH3 is 1. The van der Waals surface area contributed by atoms with Gasteiger partial charge >= 0.3 is 0 Å². The van der Waals surface area contributed by atoms with E-state index in [2.05, 4.69) is 4.74 Å². The van der Waals surface area contributed by atoms with Crippen LogP contribution in [0.2, 0.25) is 0 Å². The van der Waals surface area contributed by atoms with Crippen LogP contribution in [0.25, 0.3) is 0 Å². The molecule has 0 aliphatic carbocycles. The van der Waals surface area contributed by atoms with Gasteiger partial charge in [-0.3, -0.25) is 10.2 Å². The standard InChI is InChI=1S/C9H10F2N2O2/c1-15-8-4-6(10)5(2-7(8)11)3-9(14)13-12/h2,4H,3,12H2,1H3,(H,13,14). The van der Waals surface area contributed by atoms with Gasteiger partial charge in [0.2, 0.25) is 5.91 Å². The van der Waals surface area contributed by atoms with Crippen LogP contribution in [-0.2, 0) is 11.2 Å². The minimum absolute atomic E-state index is 0.0729. The SMILES string of the molecule is COc1cc(F)c(CC(=O)NN)cc1F. The van der Waals surface area contributed by atoms with E-state index in [-0.39, 0.29) is 17.7 Å². The van der Waals surface area contributed by atoms with Gasteiger partial charge in [0.15, 0.2) is 11.6 Å². The fourth-order valence-corrected chi connectivity index (χ4v) is 1.09. The number of hydrazine groups is 1. The van der Waals surface area contributed by atoms with E-state index in [4.69, 9.17) is 5.84 Å². The second-order valence-corrected chi connectivity index (χ2v) is 2.82. The van der Waals surface area contributed by atoms with Gasteiger partial charge in [-0.05, 0) is 6.07 Å². The predicted octanol–water partition coefficient (Wildman–Crippen LogP) is 0.506. The van der Waals surface area contributed by atoms with E-state index in [9.17, 15) is 13.6 Å². The Balaban J connectivity index is 3.00. The second kappa shape index (κ2) is 4.70. The maximum atomic E-state index is 13.2. The molecule has 1 aromatic rings. The smallest absolute Gasteiger partial charge is 0.238 e. The number of hydrogen-bond donors (Lipinski definition) is 2. The fraction of sp³-hybridized carbons (Fsp3) is 0.222. The van der Waals surface area contributed by atoms with Crippen LogP contribution in [0.15, 0.2) is 12.1 Å². The van der Waals surface area contributed by atoms with Gasteiger partial charge in [0, 0.05) is 11.6 Å². The fourth-order valence-electron chi connectivity index (χ4n) is 1.09. The van der Waals surface area contributed by atoms with Crippen molar-refractivity contribution in [2.45, 2.75) is 6.42 Å². The summed E-state index contributed by atoms with van der Waals surface area (Å²) in [6.45, 7) is 0. The maximum Gasteiger partial charge on any atom is 0.238 e. The summed E-state index contributed by atoms with van der Waals surface area (Å²) in [4.78, 5) is 10.8. The van der Waals surface area contributed by atoms with E-state index in [1.54, 1.807) is 0 Å². The van der Waals surface area contributed by atoms with Gasteiger partial charge in [-0.15, -0.1) is 0 Å². The largest absolute Gasteiger partial charge is 0.494 e. The third kappa shape index (κ3) is 2.63.